The van der Waals surface area contributed by atoms with Crippen LogP contribution in [0.4, 0.5) is 0 Å². The second-order valence-corrected chi connectivity index (χ2v) is 7.57. The number of hydrogen-bond acceptors (Lipinski definition) is 5. The molecular weight excluding hydrogens is 316 g/mol. The van der Waals surface area contributed by atoms with E-state index in [1.807, 2.05) is 18.2 Å². The fraction of sp³-hybridized carbons (Fsp3) is 0.533. The van der Waals surface area contributed by atoms with Gasteiger partial charge in [-0.3, -0.25) is 0 Å². The Kier molecular flexibility index (Phi) is 4.43. The van der Waals surface area contributed by atoms with Crippen molar-refractivity contribution in [1.82, 2.24) is 13.9 Å². The van der Waals surface area contributed by atoms with E-state index in [0.717, 1.165) is 16.9 Å². The van der Waals surface area contributed by atoms with Crippen molar-refractivity contribution in [2.24, 2.45) is 0 Å². The summed E-state index contributed by atoms with van der Waals surface area (Å²) in [6.07, 6.45) is 3.39. The van der Waals surface area contributed by atoms with Gasteiger partial charge in [0.1, 0.15) is 5.75 Å². The molecule has 1 N–H and O–H groups in total. The van der Waals surface area contributed by atoms with E-state index >= 15 is 0 Å². The van der Waals surface area contributed by atoms with E-state index in [-0.39, 0.29) is 6.04 Å². The quantitative estimate of drug-likeness (QED) is 0.807. The Morgan fingerprint density at radius 3 is 2.87 bits per heavy atom. The molecule has 1 saturated heterocycles. The topological polar surface area (TPSA) is 85.7 Å². The number of hydrogen-bond donors (Lipinski definition) is 1. The standard InChI is InChI=1S/C15H20N4O3S/c1-22-15-3-2-13-9-19(7-4-12(13)8-15)23(20,21)17-14-5-6-18(10-14)11-16/h2-3,8,14,17H,4-7,9-10H2,1H3/t14-/m1/s1. The van der Waals surface area contributed by atoms with Crippen LogP contribution in [0.25, 0.3) is 0 Å². The molecule has 23 heavy (non-hydrogen) atoms. The number of likely N-dealkylation sites (tertiary alicyclic amines) is 1. The summed E-state index contributed by atoms with van der Waals surface area (Å²) >= 11 is 0. The lowest BCUT2D eigenvalue weighted by atomic mass is 10.0. The maximum absolute atomic E-state index is 12.6. The maximum Gasteiger partial charge on any atom is 0.280 e. The van der Waals surface area contributed by atoms with E-state index in [1.165, 1.54) is 4.31 Å². The fourth-order valence-corrected chi connectivity index (χ4v) is 4.47. The number of ether oxygens (including phenoxy) is 1. The molecular formula is C15H20N4O3S. The van der Waals surface area contributed by atoms with Gasteiger partial charge in [-0.25, -0.2) is 0 Å². The van der Waals surface area contributed by atoms with Crippen LogP contribution in [0.2, 0.25) is 0 Å². The molecule has 0 spiro atoms. The van der Waals surface area contributed by atoms with Gasteiger partial charge in [0.05, 0.1) is 7.11 Å². The molecule has 2 heterocycles. The van der Waals surface area contributed by atoms with E-state index in [9.17, 15) is 8.42 Å². The number of nitriles is 1. The number of benzene rings is 1. The van der Waals surface area contributed by atoms with Crippen molar-refractivity contribution in [3.05, 3.63) is 29.3 Å². The van der Waals surface area contributed by atoms with Crippen LogP contribution in [-0.4, -0.2) is 50.4 Å². The van der Waals surface area contributed by atoms with Crippen LogP contribution in [-0.2, 0) is 23.2 Å². The number of rotatable bonds is 4. The van der Waals surface area contributed by atoms with E-state index in [2.05, 4.69) is 10.9 Å². The van der Waals surface area contributed by atoms with E-state index in [1.54, 1.807) is 12.0 Å². The Morgan fingerprint density at radius 1 is 1.35 bits per heavy atom. The van der Waals surface area contributed by atoms with Crippen molar-refractivity contribution >= 4 is 10.2 Å². The van der Waals surface area contributed by atoms with Crippen LogP contribution in [0.1, 0.15) is 17.5 Å². The van der Waals surface area contributed by atoms with Gasteiger partial charge in [-0.2, -0.15) is 22.7 Å². The lowest BCUT2D eigenvalue weighted by molar-refractivity contribution is 0.374. The summed E-state index contributed by atoms with van der Waals surface area (Å²) < 4.78 is 34.5. The molecule has 8 heteroatoms. The van der Waals surface area contributed by atoms with Crippen molar-refractivity contribution in [3.8, 4) is 11.9 Å². The first-order chi connectivity index (χ1) is 11.0. The summed E-state index contributed by atoms with van der Waals surface area (Å²) in [5.74, 6) is 0.792. The smallest absolute Gasteiger partial charge is 0.280 e. The average molecular weight is 336 g/mol. The lowest BCUT2D eigenvalue weighted by Gasteiger charge is -2.29. The maximum atomic E-state index is 12.6. The zero-order valence-corrected chi connectivity index (χ0v) is 13.8. The van der Waals surface area contributed by atoms with Crippen LogP contribution >= 0.6 is 0 Å². The second-order valence-electron chi connectivity index (χ2n) is 5.87. The van der Waals surface area contributed by atoms with Crippen molar-refractivity contribution < 1.29 is 13.2 Å². The van der Waals surface area contributed by atoms with Gasteiger partial charge in [-0.15, -0.1) is 0 Å². The molecule has 1 atom stereocenters. The molecule has 1 aromatic carbocycles. The summed E-state index contributed by atoms with van der Waals surface area (Å²) in [6, 6.07) is 5.54. The van der Waals surface area contributed by atoms with E-state index in [4.69, 9.17) is 10.00 Å². The van der Waals surface area contributed by atoms with E-state index in [0.29, 0.717) is 39.0 Å². The van der Waals surface area contributed by atoms with Crippen LogP contribution in [0.15, 0.2) is 18.2 Å². The molecule has 0 saturated carbocycles. The van der Waals surface area contributed by atoms with Crippen LogP contribution in [0, 0.1) is 11.5 Å². The third-order valence-electron chi connectivity index (χ3n) is 4.38. The summed E-state index contributed by atoms with van der Waals surface area (Å²) in [5.41, 5.74) is 2.14. The van der Waals surface area contributed by atoms with Gasteiger partial charge in [0, 0.05) is 32.2 Å². The minimum atomic E-state index is -3.54. The molecule has 0 amide bonds. The monoisotopic (exact) mass is 336 g/mol. The Morgan fingerprint density at radius 2 is 2.17 bits per heavy atom. The molecule has 0 aromatic heterocycles. The minimum Gasteiger partial charge on any atom is -0.497 e. The van der Waals surface area contributed by atoms with Crippen LogP contribution < -0.4 is 9.46 Å². The van der Waals surface area contributed by atoms with E-state index < -0.39 is 10.2 Å². The Labute approximate surface area is 136 Å². The third-order valence-corrected chi connectivity index (χ3v) is 6.00. The zero-order valence-electron chi connectivity index (χ0n) is 13.0. The van der Waals surface area contributed by atoms with Crippen molar-refractivity contribution in [1.29, 1.82) is 5.26 Å². The third kappa shape index (κ3) is 3.42. The number of methoxy groups -OCH3 is 1. The molecule has 0 radical (unpaired) electrons. The molecule has 0 bridgehead atoms. The van der Waals surface area contributed by atoms with Gasteiger partial charge in [-0.05, 0) is 36.1 Å². The highest BCUT2D eigenvalue weighted by atomic mass is 32.2. The molecule has 2 aliphatic heterocycles. The molecule has 0 aliphatic carbocycles. The number of nitrogens with zero attached hydrogens (tertiary/aromatic N) is 3. The molecule has 3 rings (SSSR count). The van der Waals surface area contributed by atoms with Crippen molar-refractivity contribution in [3.63, 3.8) is 0 Å². The first-order valence-corrected chi connectivity index (χ1v) is 9.03. The summed E-state index contributed by atoms with van der Waals surface area (Å²) in [5, 5.41) is 8.86. The highest BCUT2D eigenvalue weighted by molar-refractivity contribution is 7.87. The first kappa shape index (κ1) is 16.1. The highest BCUT2D eigenvalue weighted by Gasteiger charge is 2.31. The first-order valence-electron chi connectivity index (χ1n) is 7.59. The Balaban J connectivity index is 1.68. The lowest BCUT2D eigenvalue weighted by Crippen LogP contribution is -2.47. The van der Waals surface area contributed by atoms with Crippen LogP contribution in [0.3, 0.4) is 0 Å². The van der Waals surface area contributed by atoms with Gasteiger partial charge < -0.3 is 9.64 Å². The van der Waals surface area contributed by atoms with Crippen molar-refractivity contribution in [2.45, 2.75) is 25.4 Å². The summed E-state index contributed by atoms with van der Waals surface area (Å²) in [7, 11) is -1.92. The molecule has 0 unspecified atom stereocenters. The average Bonchev–Trinajstić information content (AvgIpc) is 3.00. The SMILES string of the molecule is COc1ccc2c(c1)CCN(S(=O)(=O)N[C@@H]1CCN(C#N)C1)C2. The summed E-state index contributed by atoms with van der Waals surface area (Å²) in [6.45, 7) is 1.86. The number of nitrogens with one attached hydrogen (secondary N) is 1. The molecule has 2 aliphatic rings. The molecule has 7 nitrogen and oxygen atoms in total. The van der Waals surface area contributed by atoms with Gasteiger partial charge in [0.2, 0.25) is 0 Å². The highest BCUT2D eigenvalue weighted by Crippen LogP contribution is 2.25. The van der Waals surface area contributed by atoms with Gasteiger partial charge in [0.15, 0.2) is 6.19 Å². The Hall–Kier alpha value is -1.82. The van der Waals surface area contributed by atoms with Gasteiger partial charge in [0.25, 0.3) is 10.2 Å². The summed E-state index contributed by atoms with van der Waals surface area (Å²) in [4.78, 5) is 1.57. The van der Waals surface area contributed by atoms with Crippen molar-refractivity contribution in [2.75, 3.05) is 26.7 Å². The number of fused-ring (bicyclic) bond motifs is 1. The fourth-order valence-electron chi connectivity index (χ4n) is 3.07. The zero-order chi connectivity index (χ0) is 16.4. The largest absolute Gasteiger partial charge is 0.497 e. The minimum absolute atomic E-state index is 0.197. The predicted molar refractivity (Wildman–Crippen MR) is 84.8 cm³/mol. The second kappa shape index (κ2) is 6.35. The van der Waals surface area contributed by atoms with Gasteiger partial charge >= 0.3 is 0 Å². The molecule has 1 aromatic rings. The molecule has 1 fully saturated rings. The molecule has 124 valence electrons. The normalized spacial score (nSPS) is 21.7. The predicted octanol–water partition coefficient (Wildman–Crippen LogP) is 0.443. The van der Waals surface area contributed by atoms with Crippen LogP contribution in [0.5, 0.6) is 5.75 Å². The van der Waals surface area contributed by atoms with Gasteiger partial charge in [-0.1, -0.05) is 6.07 Å². The Bertz CT molecular complexity index is 729.